The monoisotopic (exact) mass is 252 g/mol. The third kappa shape index (κ3) is 2.70. The lowest BCUT2D eigenvalue weighted by atomic mass is 9.97. The molecule has 100 valence electrons. The quantitative estimate of drug-likeness (QED) is 0.735. The molecule has 0 saturated carbocycles. The Labute approximate surface area is 107 Å². The lowest BCUT2D eigenvalue weighted by Crippen LogP contribution is -2.43. The number of aliphatic hydroxyl groups is 1. The van der Waals surface area contributed by atoms with Crippen LogP contribution in [-0.4, -0.2) is 47.0 Å². The van der Waals surface area contributed by atoms with Gasteiger partial charge in [-0.15, -0.1) is 0 Å². The van der Waals surface area contributed by atoms with Crippen LogP contribution in [0.3, 0.4) is 0 Å². The Morgan fingerprint density at radius 1 is 1.56 bits per heavy atom. The van der Waals surface area contributed by atoms with E-state index < -0.39 is 5.60 Å². The van der Waals surface area contributed by atoms with Crippen molar-refractivity contribution in [2.24, 2.45) is 0 Å². The maximum atomic E-state index is 10.4. The van der Waals surface area contributed by atoms with Crippen LogP contribution >= 0.6 is 0 Å². The van der Waals surface area contributed by atoms with Gasteiger partial charge in [0.15, 0.2) is 0 Å². The van der Waals surface area contributed by atoms with Crippen molar-refractivity contribution in [2.45, 2.75) is 32.0 Å². The number of aromatic nitrogens is 2. The summed E-state index contributed by atoms with van der Waals surface area (Å²) < 4.78 is 5.39. The molecule has 0 spiro atoms. The number of hydrogen-bond donors (Lipinski definition) is 3. The molecule has 0 amide bonds. The van der Waals surface area contributed by atoms with Gasteiger partial charge in [0, 0.05) is 38.4 Å². The summed E-state index contributed by atoms with van der Waals surface area (Å²) in [6.45, 7) is 4.82. The second-order valence-corrected chi connectivity index (χ2v) is 4.69. The van der Waals surface area contributed by atoms with Gasteiger partial charge in [-0.25, -0.2) is 4.98 Å². The highest BCUT2D eigenvalue weighted by molar-refractivity contribution is 5.42. The molecule has 1 aromatic heterocycles. The number of aryl methyl sites for hydroxylation is 1. The topological polar surface area (TPSA) is 79.3 Å². The van der Waals surface area contributed by atoms with Gasteiger partial charge in [0.2, 0.25) is 5.95 Å². The third-order valence-electron chi connectivity index (χ3n) is 3.31. The summed E-state index contributed by atoms with van der Waals surface area (Å²) in [6.07, 6.45) is 0.487. The van der Waals surface area contributed by atoms with Crippen LogP contribution in [0, 0.1) is 6.92 Å². The Morgan fingerprint density at radius 2 is 2.33 bits per heavy atom. The second-order valence-electron chi connectivity index (χ2n) is 4.69. The van der Waals surface area contributed by atoms with Crippen molar-refractivity contribution >= 4 is 11.8 Å². The van der Waals surface area contributed by atoms with Crippen LogP contribution in [0.2, 0.25) is 0 Å². The van der Waals surface area contributed by atoms with Gasteiger partial charge in [0.1, 0.15) is 11.4 Å². The molecule has 0 aliphatic carbocycles. The van der Waals surface area contributed by atoms with Gasteiger partial charge in [-0.05, 0) is 13.8 Å². The fraction of sp³-hybridized carbons (Fsp3) is 0.667. The maximum absolute atomic E-state index is 10.4. The van der Waals surface area contributed by atoms with Crippen molar-refractivity contribution in [3.63, 3.8) is 0 Å². The standard InChI is InChI=1S/C12H20N4O2/c1-8-6-10(16-11(13-3)15-8)14-7-12(17)4-5-18-9(12)2/h6,9,17H,4-5,7H2,1-3H3,(H2,13,14,15,16). The van der Waals surface area contributed by atoms with E-state index in [0.29, 0.717) is 31.3 Å². The molecule has 1 fully saturated rings. The van der Waals surface area contributed by atoms with E-state index >= 15 is 0 Å². The fourth-order valence-corrected chi connectivity index (χ4v) is 2.02. The predicted molar refractivity (Wildman–Crippen MR) is 69.8 cm³/mol. The first-order valence-electron chi connectivity index (χ1n) is 6.15. The number of nitrogens with zero attached hydrogens (tertiary/aromatic N) is 2. The Bertz CT molecular complexity index is 427. The summed E-state index contributed by atoms with van der Waals surface area (Å²) in [5, 5.41) is 16.4. The minimum atomic E-state index is -0.821. The highest BCUT2D eigenvalue weighted by atomic mass is 16.5. The molecule has 1 aliphatic heterocycles. The number of rotatable bonds is 4. The van der Waals surface area contributed by atoms with E-state index in [1.807, 2.05) is 19.9 Å². The fourth-order valence-electron chi connectivity index (χ4n) is 2.02. The van der Waals surface area contributed by atoms with Crippen molar-refractivity contribution in [3.05, 3.63) is 11.8 Å². The van der Waals surface area contributed by atoms with E-state index in [1.54, 1.807) is 7.05 Å². The molecule has 2 unspecified atom stereocenters. The predicted octanol–water partition coefficient (Wildman–Crippen LogP) is 0.779. The maximum Gasteiger partial charge on any atom is 0.224 e. The highest BCUT2D eigenvalue weighted by Gasteiger charge is 2.39. The van der Waals surface area contributed by atoms with Gasteiger partial charge in [-0.3, -0.25) is 0 Å². The van der Waals surface area contributed by atoms with E-state index in [9.17, 15) is 5.11 Å². The largest absolute Gasteiger partial charge is 0.385 e. The molecule has 6 nitrogen and oxygen atoms in total. The van der Waals surface area contributed by atoms with Crippen molar-refractivity contribution in [3.8, 4) is 0 Å². The van der Waals surface area contributed by atoms with Gasteiger partial charge in [0.05, 0.1) is 6.10 Å². The molecule has 2 atom stereocenters. The molecule has 1 aliphatic rings. The van der Waals surface area contributed by atoms with Crippen LogP contribution < -0.4 is 10.6 Å². The summed E-state index contributed by atoms with van der Waals surface area (Å²) in [7, 11) is 1.78. The Balaban J connectivity index is 2.04. The minimum absolute atomic E-state index is 0.156. The molecule has 6 heteroatoms. The van der Waals surface area contributed by atoms with Gasteiger partial charge < -0.3 is 20.5 Å². The Morgan fingerprint density at radius 3 is 2.94 bits per heavy atom. The summed E-state index contributed by atoms with van der Waals surface area (Å²) in [5.41, 5.74) is 0.0538. The molecule has 0 radical (unpaired) electrons. The zero-order chi connectivity index (χ0) is 13.2. The molecule has 3 N–H and O–H groups in total. The van der Waals surface area contributed by atoms with Crippen molar-refractivity contribution in [1.82, 2.24) is 9.97 Å². The van der Waals surface area contributed by atoms with Crippen LogP contribution in [0.5, 0.6) is 0 Å². The molecule has 0 bridgehead atoms. The zero-order valence-electron chi connectivity index (χ0n) is 11.0. The molecule has 18 heavy (non-hydrogen) atoms. The SMILES string of the molecule is CNc1nc(C)cc(NCC2(O)CCOC2C)n1. The Kier molecular flexibility index (Phi) is 3.68. The number of anilines is 2. The van der Waals surface area contributed by atoms with Gasteiger partial charge >= 0.3 is 0 Å². The van der Waals surface area contributed by atoms with E-state index in [1.165, 1.54) is 0 Å². The van der Waals surface area contributed by atoms with Crippen molar-refractivity contribution < 1.29 is 9.84 Å². The van der Waals surface area contributed by atoms with Gasteiger partial charge in [-0.1, -0.05) is 0 Å². The molecule has 0 aromatic carbocycles. The number of ether oxygens (including phenoxy) is 1. The second kappa shape index (κ2) is 5.07. The summed E-state index contributed by atoms with van der Waals surface area (Å²) in [5.74, 6) is 1.28. The summed E-state index contributed by atoms with van der Waals surface area (Å²) in [4.78, 5) is 8.50. The molecule has 1 aromatic rings. The van der Waals surface area contributed by atoms with Crippen LogP contribution in [-0.2, 0) is 4.74 Å². The third-order valence-corrected chi connectivity index (χ3v) is 3.31. The van der Waals surface area contributed by atoms with E-state index in [0.717, 1.165) is 5.69 Å². The average Bonchev–Trinajstić information content (AvgIpc) is 2.67. The molecular formula is C12H20N4O2. The van der Waals surface area contributed by atoms with E-state index in [-0.39, 0.29) is 6.10 Å². The van der Waals surface area contributed by atoms with Crippen LogP contribution in [0.15, 0.2) is 6.07 Å². The van der Waals surface area contributed by atoms with E-state index in [2.05, 4.69) is 20.6 Å². The molecule has 2 rings (SSSR count). The lowest BCUT2D eigenvalue weighted by Gasteiger charge is -2.26. The Hall–Kier alpha value is -1.40. The first kappa shape index (κ1) is 13.0. The lowest BCUT2D eigenvalue weighted by molar-refractivity contribution is -0.0176. The smallest absolute Gasteiger partial charge is 0.224 e. The molecule has 1 saturated heterocycles. The zero-order valence-corrected chi connectivity index (χ0v) is 11.0. The van der Waals surface area contributed by atoms with Gasteiger partial charge in [0.25, 0.3) is 0 Å². The number of nitrogens with one attached hydrogen (secondary N) is 2. The van der Waals surface area contributed by atoms with Crippen molar-refractivity contribution in [1.29, 1.82) is 0 Å². The number of hydrogen-bond acceptors (Lipinski definition) is 6. The van der Waals surface area contributed by atoms with Crippen molar-refractivity contribution in [2.75, 3.05) is 30.8 Å². The van der Waals surface area contributed by atoms with Crippen LogP contribution in [0.4, 0.5) is 11.8 Å². The normalized spacial score (nSPS) is 27.2. The minimum Gasteiger partial charge on any atom is -0.385 e. The van der Waals surface area contributed by atoms with Crippen LogP contribution in [0.25, 0.3) is 0 Å². The first-order chi connectivity index (χ1) is 8.53. The van der Waals surface area contributed by atoms with E-state index in [4.69, 9.17) is 4.74 Å². The summed E-state index contributed by atoms with van der Waals surface area (Å²) in [6, 6.07) is 1.85. The highest BCUT2D eigenvalue weighted by Crippen LogP contribution is 2.26. The average molecular weight is 252 g/mol. The molecule has 2 heterocycles. The molecular weight excluding hydrogens is 232 g/mol. The van der Waals surface area contributed by atoms with Gasteiger partial charge in [-0.2, -0.15) is 4.98 Å². The first-order valence-corrected chi connectivity index (χ1v) is 6.15. The van der Waals surface area contributed by atoms with Crippen LogP contribution in [0.1, 0.15) is 19.0 Å². The summed E-state index contributed by atoms with van der Waals surface area (Å²) >= 11 is 0.